The van der Waals surface area contributed by atoms with Crippen LogP contribution in [0.1, 0.15) is 23.7 Å². The predicted molar refractivity (Wildman–Crippen MR) is 88.1 cm³/mol. The van der Waals surface area contributed by atoms with Crippen LogP contribution < -0.4 is 16.0 Å². The van der Waals surface area contributed by atoms with E-state index in [1.807, 2.05) is 6.92 Å². The van der Waals surface area contributed by atoms with Crippen molar-refractivity contribution >= 4 is 23.3 Å². The molecule has 0 unspecified atom stereocenters. The van der Waals surface area contributed by atoms with E-state index in [4.69, 9.17) is 0 Å². The number of hydrogen-bond donors (Lipinski definition) is 3. The summed E-state index contributed by atoms with van der Waals surface area (Å²) in [5.41, 5.74) is 1.12. The molecular formula is C17H18FN3O2. The lowest BCUT2D eigenvalue weighted by molar-refractivity contribution is 0.0953. The molecule has 0 aromatic heterocycles. The van der Waals surface area contributed by atoms with Crippen LogP contribution in [0.2, 0.25) is 0 Å². The zero-order valence-corrected chi connectivity index (χ0v) is 12.7. The molecule has 5 nitrogen and oxygen atoms in total. The lowest BCUT2D eigenvalue weighted by Gasteiger charge is -2.09. The number of hydrogen-bond acceptors (Lipinski definition) is 2. The van der Waals surface area contributed by atoms with Crippen molar-refractivity contribution in [3.8, 4) is 0 Å². The number of carbonyl (C=O) groups is 2. The van der Waals surface area contributed by atoms with Crippen LogP contribution >= 0.6 is 0 Å². The van der Waals surface area contributed by atoms with Crippen molar-refractivity contribution in [1.82, 2.24) is 5.32 Å². The molecule has 0 heterocycles. The highest BCUT2D eigenvalue weighted by Crippen LogP contribution is 2.14. The number of para-hydroxylation sites is 1. The Morgan fingerprint density at radius 1 is 1.00 bits per heavy atom. The fourth-order valence-electron chi connectivity index (χ4n) is 1.89. The molecule has 0 saturated carbocycles. The fourth-order valence-corrected chi connectivity index (χ4v) is 1.89. The van der Waals surface area contributed by atoms with E-state index in [9.17, 15) is 14.0 Å². The first-order valence-electron chi connectivity index (χ1n) is 7.31. The van der Waals surface area contributed by atoms with Crippen molar-refractivity contribution in [3.63, 3.8) is 0 Å². The molecule has 2 aromatic rings. The van der Waals surface area contributed by atoms with Gasteiger partial charge < -0.3 is 16.0 Å². The average molecular weight is 315 g/mol. The molecule has 2 aromatic carbocycles. The van der Waals surface area contributed by atoms with E-state index >= 15 is 0 Å². The lowest BCUT2D eigenvalue weighted by Crippen LogP contribution is -2.24. The number of urea groups is 1. The van der Waals surface area contributed by atoms with E-state index in [-0.39, 0.29) is 11.6 Å². The van der Waals surface area contributed by atoms with Crippen LogP contribution in [0.4, 0.5) is 20.6 Å². The first kappa shape index (κ1) is 16.5. The first-order chi connectivity index (χ1) is 11.1. The summed E-state index contributed by atoms with van der Waals surface area (Å²) < 4.78 is 13.4. The Morgan fingerprint density at radius 2 is 1.70 bits per heavy atom. The summed E-state index contributed by atoms with van der Waals surface area (Å²) in [6.07, 6.45) is 0.863. The molecule has 0 fully saturated rings. The molecule has 120 valence electrons. The van der Waals surface area contributed by atoms with E-state index in [0.717, 1.165) is 6.42 Å². The van der Waals surface area contributed by atoms with Gasteiger partial charge in [0.1, 0.15) is 5.82 Å². The highest BCUT2D eigenvalue weighted by atomic mass is 19.1. The summed E-state index contributed by atoms with van der Waals surface area (Å²) in [6, 6.07) is 11.8. The Kier molecular flexibility index (Phi) is 5.68. The fraction of sp³-hybridized carbons (Fsp3) is 0.176. The zero-order valence-electron chi connectivity index (χ0n) is 12.7. The van der Waals surface area contributed by atoms with E-state index in [1.165, 1.54) is 12.1 Å². The van der Waals surface area contributed by atoms with Gasteiger partial charge in [-0.15, -0.1) is 0 Å². The normalized spacial score (nSPS) is 10.0. The first-order valence-corrected chi connectivity index (χ1v) is 7.31. The quantitative estimate of drug-likeness (QED) is 0.789. The number of nitrogens with one attached hydrogen (secondary N) is 3. The molecule has 0 spiro atoms. The summed E-state index contributed by atoms with van der Waals surface area (Å²) >= 11 is 0. The van der Waals surface area contributed by atoms with Crippen molar-refractivity contribution in [2.75, 3.05) is 17.2 Å². The van der Waals surface area contributed by atoms with Crippen molar-refractivity contribution in [2.45, 2.75) is 13.3 Å². The van der Waals surface area contributed by atoms with Gasteiger partial charge in [0.2, 0.25) is 0 Å². The molecular weight excluding hydrogens is 297 g/mol. The zero-order chi connectivity index (χ0) is 16.7. The second kappa shape index (κ2) is 7.93. The van der Waals surface area contributed by atoms with Gasteiger partial charge in [-0.2, -0.15) is 0 Å². The second-order valence-electron chi connectivity index (χ2n) is 4.89. The Bertz CT molecular complexity index is 686. The van der Waals surface area contributed by atoms with Gasteiger partial charge in [0.25, 0.3) is 5.91 Å². The third-order valence-electron chi connectivity index (χ3n) is 3.06. The molecule has 3 N–H and O–H groups in total. The van der Waals surface area contributed by atoms with Crippen molar-refractivity contribution in [3.05, 3.63) is 59.9 Å². The van der Waals surface area contributed by atoms with Crippen LogP contribution in [0.3, 0.4) is 0 Å². The van der Waals surface area contributed by atoms with Gasteiger partial charge in [0.15, 0.2) is 0 Å². The summed E-state index contributed by atoms with van der Waals surface area (Å²) in [5.74, 6) is -0.667. The average Bonchev–Trinajstić information content (AvgIpc) is 2.55. The van der Waals surface area contributed by atoms with Gasteiger partial charge >= 0.3 is 6.03 Å². The maximum absolute atomic E-state index is 13.4. The molecule has 0 bridgehead atoms. The molecule has 6 heteroatoms. The van der Waals surface area contributed by atoms with Gasteiger partial charge in [0, 0.05) is 17.8 Å². The van der Waals surface area contributed by atoms with Gasteiger partial charge in [-0.3, -0.25) is 4.79 Å². The van der Waals surface area contributed by atoms with Gasteiger partial charge in [-0.1, -0.05) is 19.1 Å². The number of benzene rings is 2. The number of rotatable bonds is 5. The van der Waals surface area contributed by atoms with Crippen LogP contribution in [0, 0.1) is 5.82 Å². The van der Waals surface area contributed by atoms with Crippen LogP contribution in [0.15, 0.2) is 48.5 Å². The maximum atomic E-state index is 13.4. The molecule has 2 rings (SSSR count). The Balaban J connectivity index is 1.94. The highest BCUT2D eigenvalue weighted by Gasteiger charge is 2.08. The van der Waals surface area contributed by atoms with Crippen LogP contribution in [0.25, 0.3) is 0 Å². The summed E-state index contributed by atoms with van der Waals surface area (Å²) in [7, 11) is 0. The van der Waals surface area contributed by atoms with E-state index in [0.29, 0.717) is 17.8 Å². The Labute approximate surface area is 133 Å². The molecule has 0 aliphatic carbocycles. The Hall–Kier alpha value is -2.89. The summed E-state index contributed by atoms with van der Waals surface area (Å²) in [4.78, 5) is 23.6. The molecule has 23 heavy (non-hydrogen) atoms. The molecule has 0 aliphatic rings. The largest absolute Gasteiger partial charge is 0.352 e. The van der Waals surface area contributed by atoms with Crippen molar-refractivity contribution in [1.29, 1.82) is 0 Å². The summed E-state index contributed by atoms with van der Waals surface area (Å²) in [6.45, 7) is 2.59. The van der Waals surface area contributed by atoms with Gasteiger partial charge in [0.05, 0.1) is 5.69 Å². The molecule has 0 saturated heterocycles. The number of carbonyl (C=O) groups excluding carboxylic acids is 2. The smallest absolute Gasteiger partial charge is 0.323 e. The minimum atomic E-state index is -0.557. The maximum Gasteiger partial charge on any atom is 0.323 e. The minimum Gasteiger partial charge on any atom is -0.352 e. The number of anilines is 2. The van der Waals surface area contributed by atoms with E-state index < -0.39 is 11.8 Å². The van der Waals surface area contributed by atoms with Crippen LogP contribution in [0.5, 0.6) is 0 Å². The predicted octanol–water partition coefficient (Wildman–Crippen LogP) is 3.61. The number of amides is 3. The third kappa shape index (κ3) is 4.81. The third-order valence-corrected chi connectivity index (χ3v) is 3.06. The van der Waals surface area contributed by atoms with Gasteiger partial charge in [-0.05, 0) is 42.8 Å². The Morgan fingerprint density at radius 3 is 2.35 bits per heavy atom. The minimum absolute atomic E-state index is 0.0977. The van der Waals surface area contributed by atoms with Crippen LogP contribution in [-0.4, -0.2) is 18.5 Å². The van der Waals surface area contributed by atoms with Gasteiger partial charge in [-0.25, -0.2) is 9.18 Å². The second-order valence-corrected chi connectivity index (χ2v) is 4.89. The summed E-state index contributed by atoms with van der Waals surface area (Å²) in [5, 5.41) is 7.77. The lowest BCUT2D eigenvalue weighted by atomic mass is 10.2. The van der Waals surface area contributed by atoms with Crippen molar-refractivity contribution in [2.24, 2.45) is 0 Å². The highest BCUT2D eigenvalue weighted by molar-refractivity contribution is 6.00. The van der Waals surface area contributed by atoms with Crippen LogP contribution in [-0.2, 0) is 0 Å². The monoisotopic (exact) mass is 315 g/mol. The van der Waals surface area contributed by atoms with Crippen molar-refractivity contribution < 1.29 is 14.0 Å². The standard InChI is InChI=1S/C17H18FN3O2/c1-2-11-19-16(22)12-7-9-13(10-8-12)20-17(23)21-15-6-4-3-5-14(15)18/h3-10H,2,11H2,1H3,(H,19,22)(H2,20,21,23). The van der Waals surface area contributed by atoms with E-state index in [2.05, 4.69) is 16.0 Å². The molecule has 0 atom stereocenters. The number of halogens is 1. The molecule has 3 amide bonds. The topological polar surface area (TPSA) is 70.2 Å². The molecule has 0 radical (unpaired) electrons. The SMILES string of the molecule is CCCNC(=O)c1ccc(NC(=O)Nc2ccccc2F)cc1. The molecule has 0 aliphatic heterocycles. The van der Waals surface area contributed by atoms with E-state index in [1.54, 1.807) is 36.4 Å².